The molecule has 8 heteroatoms. The highest BCUT2D eigenvalue weighted by molar-refractivity contribution is 6.30. The number of anilines is 1. The fourth-order valence-corrected chi connectivity index (χ4v) is 2.77. The molecule has 0 saturated heterocycles. The third kappa shape index (κ3) is 3.14. The van der Waals surface area contributed by atoms with Crippen LogP contribution in [-0.2, 0) is 11.3 Å². The van der Waals surface area contributed by atoms with E-state index in [0.717, 1.165) is 5.65 Å². The van der Waals surface area contributed by atoms with Crippen LogP contribution in [0.25, 0.3) is 5.65 Å². The predicted molar refractivity (Wildman–Crippen MR) is 91.9 cm³/mol. The van der Waals surface area contributed by atoms with Crippen molar-refractivity contribution < 1.29 is 14.3 Å². The monoisotopic (exact) mass is 356 g/mol. The van der Waals surface area contributed by atoms with E-state index in [1.807, 2.05) is 6.20 Å². The van der Waals surface area contributed by atoms with Crippen LogP contribution in [0.5, 0.6) is 5.75 Å². The first-order valence-corrected chi connectivity index (χ1v) is 7.94. The lowest BCUT2D eigenvalue weighted by Gasteiger charge is -2.18. The average Bonchev–Trinajstić information content (AvgIpc) is 3.01. The molecule has 2 amide bonds. The van der Waals surface area contributed by atoms with Gasteiger partial charge in [0.2, 0.25) is 0 Å². The van der Waals surface area contributed by atoms with Crippen LogP contribution in [0, 0.1) is 0 Å². The lowest BCUT2D eigenvalue weighted by Crippen LogP contribution is -2.27. The number of hydrogen-bond acceptors (Lipinski definition) is 4. The molecule has 0 radical (unpaired) electrons. The summed E-state index contributed by atoms with van der Waals surface area (Å²) in [6.45, 7) is 0.258. The molecule has 25 heavy (non-hydrogen) atoms. The maximum Gasteiger partial charge on any atom is 0.262 e. The van der Waals surface area contributed by atoms with Crippen LogP contribution >= 0.6 is 11.6 Å². The van der Waals surface area contributed by atoms with E-state index in [-0.39, 0.29) is 25.0 Å². The molecule has 3 aromatic rings. The Hall–Kier alpha value is -3.06. The molecule has 0 bridgehead atoms. The van der Waals surface area contributed by atoms with Crippen molar-refractivity contribution in [2.75, 3.05) is 11.9 Å². The lowest BCUT2D eigenvalue weighted by molar-refractivity contribution is -0.118. The number of hydrogen-bond donors (Lipinski definition) is 2. The molecule has 1 aliphatic heterocycles. The number of aromatic nitrogens is 2. The van der Waals surface area contributed by atoms with Crippen LogP contribution in [0.2, 0.25) is 5.02 Å². The minimum atomic E-state index is -0.266. The highest BCUT2D eigenvalue weighted by atomic mass is 35.5. The Kier molecular flexibility index (Phi) is 3.77. The zero-order chi connectivity index (χ0) is 17.4. The fraction of sp³-hybridized carbons (Fsp3) is 0.118. The fourth-order valence-electron chi connectivity index (χ4n) is 2.60. The van der Waals surface area contributed by atoms with Gasteiger partial charge in [-0.1, -0.05) is 11.6 Å². The summed E-state index contributed by atoms with van der Waals surface area (Å²) in [5.74, 6) is 0.0412. The van der Waals surface area contributed by atoms with Gasteiger partial charge in [-0.15, -0.1) is 0 Å². The number of nitrogens with zero attached hydrogens (tertiary/aromatic N) is 2. The Morgan fingerprint density at radius 3 is 3.08 bits per heavy atom. The van der Waals surface area contributed by atoms with E-state index in [1.165, 1.54) is 0 Å². The van der Waals surface area contributed by atoms with Crippen molar-refractivity contribution in [3.63, 3.8) is 0 Å². The Bertz CT molecular complexity index is 999. The molecular weight excluding hydrogens is 344 g/mol. The molecule has 3 heterocycles. The van der Waals surface area contributed by atoms with Crippen LogP contribution in [0.15, 0.2) is 42.7 Å². The number of fused-ring (bicyclic) bond motifs is 2. The van der Waals surface area contributed by atoms with E-state index >= 15 is 0 Å². The Morgan fingerprint density at radius 1 is 1.32 bits per heavy atom. The number of imidazole rings is 1. The molecule has 7 nitrogen and oxygen atoms in total. The van der Waals surface area contributed by atoms with Crippen LogP contribution in [0.3, 0.4) is 0 Å². The van der Waals surface area contributed by atoms with Gasteiger partial charge < -0.3 is 19.8 Å². The van der Waals surface area contributed by atoms with E-state index in [9.17, 15) is 9.59 Å². The van der Waals surface area contributed by atoms with E-state index in [4.69, 9.17) is 16.3 Å². The van der Waals surface area contributed by atoms with Crippen molar-refractivity contribution in [3.05, 3.63) is 59.0 Å². The Balaban J connectivity index is 1.48. The highest BCUT2D eigenvalue weighted by Gasteiger charge is 2.17. The minimum Gasteiger partial charge on any atom is -0.482 e. The molecule has 0 saturated carbocycles. The van der Waals surface area contributed by atoms with Crippen LogP contribution < -0.4 is 15.4 Å². The summed E-state index contributed by atoms with van der Waals surface area (Å²) in [5, 5.41) is 6.10. The summed E-state index contributed by atoms with van der Waals surface area (Å²) in [6, 6.07) is 8.46. The van der Waals surface area contributed by atoms with Crippen LogP contribution in [0.1, 0.15) is 16.1 Å². The number of rotatable bonds is 3. The molecule has 126 valence electrons. The van der Waals surface area contributed by atoms with Gasteiger partial charge in [-0.3, -0.25) is 9.59 Å². The van der Waals surface area contributed by atoms with Crippen LogP contribution in [0.4, 0.5) is 5.69 Å². The number of ether oxygens (including phenoxy) is 1. The van der Waals surface area contributed by atoms with Gasteiger partial charge in [0.1, 0.15) is 11.4 Å². The van der Waals surface area contributed by atoms with Gasteiger partial charge in [0, 0.05) is 18.0 Å². The summed E-state index contributed by atoms with van der Waals surface area (Å²) in [6.07, 6.45) is 3.56. The average molecular weight is 357 g/mol. The quantitative estimate of drug-likeness (QED) is 0.753. The maximum atomic E-state index is 12.3. The number of pyridine rings is 1. The number of carbonyl (C=O) groups is 2. The van der Waals surface area contributed by atoms with Gasteiger partial charge >= 0.3 is 0 Å². The first kappa shape index (κ1) is 15.5. The molecule has 0 atom stereocenters. The predicted octanol–water partition coefficient (Wildman–Crippen LogP) is 2.25. The molecule has 0 spiro atoms. The van der Waals surface area contributed by atoms with Crippen molar-refractivity contribution in [2.24, 2.45) is 0 Å². The third-order valence-electron chi connectivity index (χ3n) is 3.77. The third-order valence-corrected chi connectivity index (χ3v) is 3.99. The van der Waals surface area contributed by atoms with E-state index < -0.39 is 0 Å². The zero-order valence-corrected chi connectivity index (χ0v) is 13.7. The second-order valence-corrected chi connectivity index (χ2v) is 6.01. The summed E-state index contributed by atoms with van der Waals surface area (Å²) in [4.78, 5) is 28.1. The maximum absolute atomic E-state index is 12.3. The molecule has 0 fully saturated rings. The molecule has 4 rings (SSSR count). The van der Waals surface area contributed by atoms with Gasteiger partial charge in [0.05, 0.1) is 22.9 Å². The first-order valence-electron chi connectivity index (χ1n) is 7.56. The van der Waals surface area contributed by atoms with Gasteiger partial charge in [-0.2, -0.15) is 0 Å². The molecule has 1 aliphatic rings. The van der Waals surface area contributed by atoms with E-state index in [0.29, 0.717) is 27.7 Å². The van der Waals surface area contributed by atoms with Crippen LogP contribution in [-0.4, -0.2) is 27.8 Å². The van der Waals surface area contributed by atoms with Crippen molar-refractivity contribution in [3.8, 4) is 5.75 Å². The van der Waals surface area contributed by atoms with Gasteiger partial charge in [-0.25, -0.2) is 4.98 Å². The van der Waals surface area contributed by atoms with Gasteiger partial charge in [0.15, 0.2) is 6.61 Å². The summed E-state index contributed by atoms with van der Waals surface area (Å²) < 4.78 is 7.08. The van der Waals surface area contributed by atoms with Gasteiger partial charge in [0.25, 0.3) is 11.8 Å². The number of nitrogens with one attached hydrogen (secondary N) is 2. The van der Waals surface area contributed by atoms with Crippen molar-refractivity contribution in [2.45, 2.75) is 6.54 Å². The minimum absolute atomic E-state index is 0.0174. The lowest BCUT2D eigenvalue weighted by atomic mass is 10.1. The molecule has 2 N–H and O–H groups in total. The SMILES string of the molecule is O=C1COc2ccc(C(=O)NCc3cn4cc(Cl)ccc4n3)cc2N1. The van der Waals surface area contributed by atoms with E-state index in [1.54, 1.807) is 40.9 Å². The first-order chi connectivity index (χ1) is 12.1. The zero-order valence-electron chi connectivity index (χ0n) is 13.0. The Morgan fingerprint density at radius 2 is 2.20 bits per heavy atom. The van der Waals surface area contributed by atoms with Gasteiger partial charge in [-0.05, 0) is 30.3 Å². The topological polar surface area (TPSA) is 84.7 Å². The second-order valence-electron chi connectivity index (χ2n) is 5.58. The highest BCUT2D eigenvalue weighted by Crippen LogP contribution is 2.28. The number of carbonyl (C=O) groups excluding carboxylic acids is 2. The largest absolute Gasteiger partial charge is 0.482 e. The molecule has 0 aliphatic carbocycles. The molecule has 0 unspecified atom stereocenters. The van der Waals surface area contributed by atoms with Crippen molar-refractivity contribution >= 4 is 34.7 Å². The molecule has 1 aromatic carbocycles. The standard InChI is InChI=1S/C17H13ClN4O3/c18-11-2-4-15-20-12(8-22(15)7-11)6-19-17(24)10-1-3-14-13(5-10)21-16(23)9-25-14/h1-5,7-8H,6,9H2,(H,19,24)(H,21,23). The van der Waals surface area contributed by atoms with Crippen molar-refractivity contribution in [1.82, 2.24) is 14.7 Å². The summed E-state index contributed by atoms with van der Waals surface area (Å²) in [7, 11) is 0. The van der Waals surface area contributed by atoms with Crippen molar-refractivity contribution in [1.29, 1.82) is 0 Å². The number of benzene rings is 1. The Labute approximate surface area is 147 Å². The molecular formula is C17H13ClN4O3. The summed E-state index contributed by atoms with van der Waals surface area (Å²) >= 11 is 5.95. The normalized spacial score (nSPS) is 13.1. The number of halogens is 1. The summed E-state index contributed by atoms with van der Waals surface area (Å²) in [5.41, 5.74) is 2.38. The second kappa shape index (κ2) is 6.10. The number of amides is 2. The van der Waals surface area contributed by atoms with E-state index in [2.05, 4.69) is 15.6 Å². The molecule has 2 aromatic heterocycles. The smallest absolute Gasteiger partial charge is 0.262 e.